The molecule has 0 saturated carbocycles. The molecule has 9 heteroatoms. The Balaban J connectivity index is 1.91. The van der Waals surface area contributed by atoms with Gasteiger partial charge in [0.1, 0.15) is 5.75 Å². The van der Waals surface area contributed by atoms with Gasteiger partial charge >= 0.3 is 12.0 Å². The normalized spacial score (nSPS) is 15.8. The van der Waals surface area contributed by atoms with E-state index in [1.807, 2.05) is 54.7 Å². The minimum Gasteiger partial charge on any atom is -0.496 e. The molecule has 0 unspecified atom stereocenters. The maximum atomic E-state index is 12.6. The number of ether oxygens (including phenoxy) is 2. The van der Waals surface area contributed by atoms with Crippen molar-refractivity contribution < 1.29 is 19.1 Å². The highest BCUT2D eigenvalue weighted by Gasteiger charge is 2.35. The second-order valence-corrected chi connectivity index (χ2v) is 7.98. The van der Waals surface area contributed by atoms with E-state index in [9.17, 15) is 9.59 Å². The summed E-state index contributed by atoms with van der Waals surface area (Å²) in [7, 11) is 2.91. The van der Waals surface area contributed by atoms with E-state index in [2.05, 4.69) is 26.6 Å². The third-order valence-corrected chi connectivity index (χ3v) is 5.79. The Morgan fingerprint density at radius 3 is 2.56 bits per heavy atom. The zero-order valence-electron chi connectivity index (χ0n) is 17.7. The van der Waals surface area contributed by atoms with Gasteiger partial charge in [0, 0.05) is 23.0 Å². The molecule has 1 atom stereocenters. The molecule has 0 spiro atoms. The first kappa shape index (κ1) is 21.6. The van der Waals surface area contributed by atoms with Gasteiger partial charge in [-0.3, -0.25) is 0 Å². The molecule has 4 rings (SSSR count). The number of allylic oxidation sites excluding steroid dienone is 1. The van der Waals surface area contributed by atoms with Crippen LogP contribution in [-0.2, 0) is 9.53 Å². The highest BCUT2D eigenvalue weighted by atomic mass is 79.9. The predicted octanol–water partition coefficient (Wildman–Crippen LogP) is 4.11. The molecule has 1 aliphatic rings. The Hall–Kier alpha value is -3.59. The number of nitrogens with one attached hydrogen (secondary N) is 2. The van der Waals surface area contributed by atoms with Crippen LogP contribution >= 0.6 is 15.9 Å². The first-order chi connectivity index (χ1) is 15.4. The Kier molecular flexibility index (Phi) is 6.00. The van der Waals surface area contributed by atoms with E-state index >= 15 is 0 Å². The SMILES string of the molecule is COC(=O)C1=C(C)NC(=O)N[C@H]1c1cn(-c2ccc(OC)c(Br)c2)nc1-c1ccccc1. The van der Waals surface area contributed by atoms with Crippen molar-refractivity contribution in [2.75, 3.05) is 14.2 Å². The van der Waals surface area contributed by atoms with E-state index in [0.717, 1.165) is 15.7 Å². The summed E-state index contributed by atoms with van der Waals surface area (Å²) in [6.07, 6.45) is 1.81. The highest BCUT2D eigenvalue weighted by Crippen LogP contribution is 2.35. The second kappa shape index (κ2) is 8.88. The maximum Gasteiger partial charge on any atom is 0.337 e. The van der Waals surface area contributed by atoms with Crippen molar-refractivity contribution >= 4 is 27.9 Å². The summed E-state index contributed by atoms with van der Waals surface area (Å²) in [5, 5.41) is 10.3. The number of rotatable bonds is 5. The number of amides is 2. The number of aromatic nitrogens is 2. The van der Waals surface area contributed by atoms with Crippen molar-refractivity contribution in [3.63, 3.8) is 0 Å². The summed E-state index contributed by atoms with van der Waals surface area (Å²) in [6.45, 7) is 1.67. The molecular weight excluding hydrogens is 476 g/mol. The molecule has 2 amide bonds. The van der Waals surface area contributed by atoms with E-state index in [-0.39, 0.29) is 0 Å². The van der Waals surface area contributed by atoms with Gasteiger partial charge in [0.2, 0.25) is 0 Å². The molecule has 32 heavy (non-hydrogen) atoms. The molecule has 1 aliphatic heterocycles. The number of urea groups is 1. The van der Waals surface area contributed by atoms with Gasteiger partial charge < -0.3 is 20.1 Å². The lowest BCUT2D eigenvalue weighted by atomic mass is 9.94. The number of carbonyl (C=O) groups is 2. The lowest BCUT2D eigenvalue weighted by Gasteiger charge is -2.27. The summed E-state index contributed by atoms with van der Waals surface area (Å²) < 4.78 is 12.8. The van der Waals surface area contributed by atoms with Gasteiger partial charge in [-0.2, -0.15) is 5.10 Å². The summed E-state index contributed by atoms with van der Waals surface area (Å²) in [4.78, 5) is 24.9. The number of carbonyl (C=O) groups excluding carboxylic acids is 2. The van der Waals surface area contributed by atoms with Crippen LogP contribution in [0.3, 0.4) is 0 Å². The number of nitrogens with zero attached hydrogens (tertiary/aromatic N) is 2. The van der Waals surface area contributed by atoms with E-state index in [1.54, 1.807) is 18.7 Å². The molecule has 8 nitrogen and oxygen atoms in total. The summed E-state index contributed by atoms with van der Waals surface area (Å²) in [5.41, 5.74) is 3.69. The Morgan fingerprint density at radius 2 is 1.91 bits per heavy atom. The first-order valence-electron chi connectivity index (χ1n) is 9.78. The van der Waals surface area contributed by atoms with Crippen molar-refractivity contribution in [1.82, 2.24) is 20.4 Å². The molecule has 2 aromatic carbocycles. The number of esters is 1. The van der Waals surface area contributed by atoms with Crippen molar-refractivity contribution in [2.45, 2.75) is 13.0 Å². The third kappa shape index (κ3) is 3.99. The van der Waals surface area contributed by atoms with E-state index in [0.29, 0.717) is 28.3 Å². The standard InChI is InChI=1S/C23H21BrN4O4/c1-13-19(22(29)32-3)21(26-23(30)25-13)16-12-28(15-9-10-18(31-2)17(24)11-15)27-20(16)14-7-5-4-6-8-14/h4-12,21H,1-3H3,(H2,25,26,30)/t21-/m0/s1. The smallest absolute Gasteiger partial charge is 0.337 e. The number of methoxy groups -OCH3 is 2. The van der Waals surface area contributed by atoms with Crippen LogP contribution in [0.1, 0.15) is 18.5 Å². The average molecular weight is 497 g/mol. The Bertz CT molecular complexity index is 1220. The Labute approximate surface area is 193 Å². The molecule has 2 heterocycles. The van der Waals surface area contributed by atoms with Gasteiger partial charge in [-0.25, -0.2) is 14.3 Å². The predicted molar refractivity (Wildman–Crippen MR) is 122 cm³/mol. The van der Waals surface area contributed by atoms with Crippen LogP contribution in [0.4, 0.5) is 4.79 Å². The first-order valence-corrected chi connectivity index (χ1v) is 10.6. The molecule has 0 bridgehead atoms. The van der Waals surface area contributed by atoms with Crippen LogP contribution in [0.25, 0.3) is 16.9 Å². The third-order valence-electron chi connectivity index (χ3n) is 5.18. The second-order valence-electron chi connectivity index (χ2n) is 7.12. The zero-order valence-corrected chi connectivity index (χ0v) is 19.3. The largest absolute Gasteiger partial charge is 0.496 e. The summed E-state index contributed by atoms with van der Waals surface area (Å²) >= 11 is 3.51. The minimum atomic E-state index is -0.734. The molecule has 0 aliphatic carbocycles. The van der Waals surface area contributed by atoms with Gasteiger partial charge in [-0.1, -0.05) is 30.3 Å². The summed E-state index contributed by atoms with van der Waals surface area (Å²) in [6, 6.07) is 14.0. The molecule has 0 radical (unpaired) electrons. The van der Waals surface area contributed by atoms with E-state index in [1.165, 1.54) is 7.11 Å². The molecule has 0 fully saturated rings. The lowest BCUT2D eigenvalue weighted by Crippen LogP contribution is -2.45. The monoisotopic (exact) mass is 496 g/mol. The average Bonchev–Trinajstić information content (AvgIpc) is 3.24. The maximum absolute atomic E-state index is 12.6. The number of halogens is 1. The van der Waals surface area contributed by atoms with Crippen molar-refractivity contribution in [3.05, 3.63) is 76.0 Å². The van der Waals surface area contributed by atoms with Crippen molar-refractivity contribution in [1.29, 1.82) is 0 Å². The fraction of sp³-hybridized carbons (Fsp3) is 0.174. The van der Waals surface area contributed by atoms with Gasteiger partial charge in [0.25, 0.3) is 0 Å². The van der Waals surface area contributed by atoms with E-state index in [4.69, 9.17) is 14.6 Å². The van der Waals surface area contributed by atoms with Crippen LogP contribution in [0.5, 0.6) is 5.75 Å². The topological polar surface area (TPSA) is 94.5 Å². The number of benzene rings is 2. The zero-order chi connectivity index (χ0) is 22.8. The fourth-order valence-corrected chi connectivity index (χ4v) is 4.19. The lowest BCUT2D eigenvalue weighted by molar-refractivity contribution is -0.136. The number of hydrogen-bond acceptors (Lipinski definition) is 5. The molecule has 2 N–H and O–H groups in total. The van der Waals surface area contributed by atoms with Crippen LogP contribution < -0.4 is 15.4 Å². The molecule has 1 aromatic heterocycles. The molecular formula is C23H21BrN4O4. The van der Waals surface area contributed by atoms with Crippen LogP contribution in [0.2, 0.25) is 0 Å². The van der Waals surface area contributed by atoms with E-state index < -0.39 is 18.0 Å². The molecule has 3 aromatic rings. The molecule has 164 valence electrons. The fourth-order valence-electron chi connectivity index (χ4n) is 3.66. The van der Waals surface area contributed by atoms with Crippen molar-refractivity contribution in [3.8, 4) is 22.7 Å². The van der Waals surface area contributed by atoms with Crippen molar-refractivity contribution in [2.24, 2.45) is 0 Å². The summed E-state index contributed by atoms with van der Waals surface area (Å²) in [5.74, 6) is 0.167. The van der Waals surface area contributed by atoms with Crippen LogP contribution in [-0.4, -0.2) is 36.0 Å². The number of hydrogen-bond donors (Lipinski definition) is 2. The van der Waals surface area contributed by atoms with Gasteiger partial charge in [-0.15, -0.1) is 0 Å². The van der Waals surface area contributed by atoms with Gasteiger partial charge in [0.15, 0.2) is 0 Å². The Morgan fingerprint density at radius 1 is 1.16 bits per heavy atom. The van der Waals surface area contributed by atoms with Gasteiger partial charge in [0.05, 0.1) is 41.7 Å². The van der Waals surface area contributed by atoms with Crippen LogP contribution in [0, 0.1) is 0 Å². The minimum absolute atomic E-state index is 0.319. The molecule has 0 saturated heterocycles. The quantitative estimate of drug-likeness (QED) is 0.518. The highest BCUT2D eigenvalue weighted by molar-refractivity contribution is 9.10. The van der Waals surface area contributed by atoms with Crippen LogP contribution in [0.15, 0.2) is 70.5 Å². The van der Waals surface area contributed by atoms with Gasteiger partial charge in [-0.05, 0) is 41.1 Å².